The molecule has 0 bridgehead atoms. The maximum absolute atomic E-state index is 12.6. The second-order valence-corrected chi connectivity index (χ2v) is 8.88. The summed E-state index contributed by atoms with van der Waals surface area (Å²) in [6, 6.07) is 3.84. The number of para-hydroxylation sites is 1. The second-order valence-electron chi connectivity index (χ2n) is 6.62. The molecule has 1 aromatic carbocycles. The third-order valence-electron chi connectivity index (χ3n) is 3.83. The molecule has 12 heteroatoms. The van der Waals surface area contributed by atoms with Gasteiger partial charge in [-0.1, -0.05) is 12.1 Å². The van der Waals surface area contributed by atoms with Crippen LogP contribution in [0, 0.1) is 0 Å². The Hall–Kier alpha value is -2.70. The number of aromatic nitrogens is 1. The summed E-state index contributed by atoms with van der Waals surface area (Å²) in [4.78, 5) is 29.3. The molecule has 3 rings (SSSR count). The quantitative estimate of drug-likeness (QED) is 0.795. The van der Waals surface area contributed by atoms with Gasteiger partial charge in [-0.05, 0) is 19.9 Å². The van der Waals surface area contributed by atoms with Gasteiger partial charge in [-0.25, -0.2) is 24.6 Å². The van der Waals surface area contributed by atoms with Gasteiger partial charge >= 0.3 is 22.3 Å². The molecule has 0 saturated carbocycles. The number of thiazole rings is 1. The van der Waals surface area contributed by atoms with Crippen LogP contribution in [0.25, 0.3) is 0 Å². The zero-order valence-electron chi connectivity index (χ0n) is 15.3. The summed E-state index contributed by atoms with van der Waals surface area (Å²) in [6.45, 7) is 3.79. The number of hydrogen-bond donors (Lipinski definition) is 1. The van der Waals surface area contributed by atoms with Crippen LogP contribution in [0.15, 0.2) is 29.8 Å². The van der Waals surface area contributed by atoms with Crippen molar-refractivity contribution in [2.75, 3.05) is 11.4 Å². The fraction of sp³-hybridized carbons (Fsp3) is 0.312. The molecule has 2 aromatic rings. The zero-order valence-corrected chi connectivity index (χ0v) is 16.9. The van der Waals surface area contributed by atoms with Crippen LogP contribution in [0.3, 0.4) is 0 Å². The minimum absolute atomic E-state index is 0.129. The molecule has 1 aliphatic heterocycles. The number of nitrogens with two attached hydrogens (primary N) is 1. The molecule has 0 spiro atoms. The van der Waals surface area contributed by atoms with Gasteiger partial charge in [0.1, 0.15) is 5.60 Å². The first-order valence-electron chi connectivity index (χ1n) is 8.02. The summed E-state index contributed by atoms with van der Waals surface area (Å²) in [7, 11) is -3.43. The summed E-state index contributed by atoms with van der Waals surface area (Å²) in [5, 5.41) is 6.38. The van der Waals surface area contributed by atoms with Crippen molar-refractivity contribution in [3.05, 3.63) is 35.3 Å². The number of nitrogens with zero attached hydrogens (tertiary/aromatic N) is 3. The van der Waals surface area contributed by atoms with Crippen molar-refractivity contribution in [3.63, 3.8) is 0 Å². The van der Waals surface area contributed by atoms with Gasteiger partial charge in [0.2, 0.25) is 5.13 Å². The molecular weight excluding hydrogens is 408 g/mol. The molecular formula is C16H18N4O6S2. The highest BCUT2D eigenvalue weighted by Crippen LogP contribution is 2.41. The van der Waals surface area contributed by atoms with Gasteiger partial charge in [0.05, 0.1) is 0 Å². The van der Waals surface area contributed by atoms with Gasteiger partial charge in [-0.3, -0.25) is 0 Å². The summed E-state index contributed by atoms with van der Waals surface area (Å²) < 4.78 is 35.0. The number of hydrogen-bond acceptors (Lipinski definition) is 8. The largest absolute Gasteiger partial charge is 0.483 e. The van der Waals surface area contributed by atoms with Gasteiger partial charge in [-0.2, -0.15) is 8.42 Å². The summed E-state index contributed by atoms with van der Waals surface area (Å²) >= 11 is 0.871. The standard InChI is InChI=1S/C16H18N4O6S2/c1-16(2)9-10-5-4-6-11(12(10)26-16)25-15(22)19(3)14(21)20(28(17,23)24)13-18-7-8-27-13/h4-8H,9H2,1-3H3,(H2,17,23,24). The number of rotatable bonds is 3. The number of ether oxygens (including phenoxy) is 2. The monoisotopic (exact) mass is 426 g/mol. The third-order valence-corrected chi connectivity index (χ3v) is 5.54. The Morgan fingerprint density at radius 2 is 2.07 bits per heavy atom. The number of carbonyl (C=O) groups is 2. The minimum atomic E-state index is -4.51. The first-order chi connectivity index (χ1) is 13.0. The molecule has 0 atom stereocenters. The summed E-state index contributed by atoms with van der Waals surface area (Å²) in [5.74, 6) is 0.536. The molecule has 1 aliphatic rings. The topological polar surface area (TPSA) is 132 Å². The lowest BCUT2D eigenvalue weighted by atomic mass is 10.0. The van der Waals surface area contributed by atoms with E-state index in [2.05, 4.69) is 4.98 Å². The first kappa shape index (κ1) is 20.0. The van der Waals surface area contributed by atoms with Crippen molar-refractivity contribution >= 4 is 38.8 Å². The molecule has 2 N–H and O–H groups in total. The molecule has 2 heterocycles. The summed E-state index contributed by atoms with van der Waals surface area (Å²) in [6.07, 6.45) is 0.832. The number of benzene rings is 1. The Bertz CT molecular complexity index is 1020. The van der Waals surface area contributed by atoms with Crippen molar-refractivity contribution in [2.24, 2.45) is 5.14 Å². The van der Waals surface area contributed by atoms with E-state index in [1.165, 1.54) is 17.6 Å². The molecule has 3 amide bonds. The molecule has 10 nitrogen and oxygen atoms in total. The van der Waals surface area contributed by atoms with E-state index >= 15 is 0 Å². The molecule has 1 aromatic heterocycles. The highest BCUT2D eigenvalue weighted by Gasteiger charge is 2.36. The number of anilines is 1. The van der Waals surface area contributed by atoms with Gasteiger partial charge in [0.15, 0.2) is 11.5 Å². The summed E-state index contributed by atoms with van der Waals surface area (Å²) in [5.41, 5.74) is 0.403. The Morgan fingerprint density at radius 3 is 2.68 bits per heavy atom. The molecule has 150 valence electrons. The normalized spacial score (nSPS) is 14.7. The third kappa shape index (κ3) is 3.93. The van der Waals surface area contributed by atoms with Gasteiger partial charge in [0, 0.05) is 30.6 Å². The fourth-order valence-electron chi connectivity index (χ4n) is 2.66. The average molecular weight is 426 g/mol. The van der Waals surface area contributed by atoms with Crippen molar-refractivity contribution in [3.8, 4) is 11.5 Å². The van der Waals surface area contributed by atoms with Crippen LogP contribution in [0.1, 0.15) is 19.4 Å². The maximum Gasteiger partial charge on any atom is 0.423 e. The smallest absolute Gasteiger partial charge is 0.423 e. The molecule has 28 heavy (non-hydrogen) atoms. The number of imide groups is 1. The van der Waals surface area contributed by atoms with Gasteiger partial charge in [0.25, 0.3) is 0 Å². The van der Waals surface area contributed by atoms with Crippen molar-refractivity contribution < 1.29 is 27.5 Å². The molecule has 0 aliphatic carbocycles. The van der Waals surface area contributed by atoms with E-state index < -0.39 is 27.9 Å². The van der Waals surface area contributed by atoms with Crippen LogP contribution in [0.4, 0.5) is 14.7 Å². The molecule has 0 saturated heterocycles. The van der Waals surface area contributed by atoms with Crippen molar-refractivity contribution in [2.45, 2.75) is 25.9 Å². The van der Waals surface area contributed by atoms with Crippen molar-refractivity contribution in [1.29, 1.82) is 0 Å². The number of carbonyl (C=O) groups excluding carboxylic acids is 2. The van der Waals surface area contributed by atoms with Crippen LogP contribution < -0.4 is 18.9 Å². The van der Waals surface area contributed by atoms with Crippen LogP contribution in [-0.4, -0.2) is 43.1 Å². The first-order valence-corrected chi connectivity index (χ1v) is 10.4. The lowest BCUT2D eigenvalue weighted by molar-refractivity contribution is 0.130. The second kappa shape index (κ2) is 7.04. The zero-order chi connectivity index (χ0) is 20.7. The van der Waals surface area contributed by atoms with Crippen LogP contribution in [0.5, 0.6) is 11.5 Å². The Labute approximate surface area is 165 Å². The Kier molecular flexibility index (Phi) is 5.04. The van der Waals surface area contributed by atoms with Gasteiger partial charge < -0.3 is 9.47 Å². The Morgan fingerprint density at radius 1 is 1.36 bits per heavy atom. The average Bonchev–Trinajstić information content (AvgIpc) is 3.19. The molecule has 0 unspecified atom stereocenters. The van der Waals surface area contributed by atoms with Crippen LogP contribution in [0.2, 0.25) is 0 Å². The fourth-order valence-corrected chi connectivity index (χ4v) is 4.25. The SMILES string of the molecule is CN(C(=O)Oc1cccc2c1OC(C)(C)C2)C(=O)N(c1nccs1)S(N)(=O)=O. The van der Waals surface area contributed by atoms with Crippen LogP contribution in [-0.2, 0) is 16.6 Å². The van der Waals surface area contributed by atoms with Crippen LogP contribution >= 0.6 is 11.3 Å². The van der Waals surface area contributed by atoms with E-state index in [0.717, 1.165) is 23.9 Å². The number of fused-ring (bicyclic) bond motifs is 1. The van der Waals surface area contributed by atoms with E-state index in [4.69, 9.17) is 14.6 Å². The minimum Gasteiger partial charge on any atom is -0.483 e. The maximum atomic E-state index is 12.6. The molecule has 0 fully saturated rings. The van der Waals surface area contributed by atoms with E-state index in [9.17, 15) is 18.0 Å². The number of urea groups is 1. The molecule has 0 radical (unpaired) electrons. The Balaban J connectivity index is 1.82. The lowest BCUT2D eigenvalue weighted by Gasteiger charge is -2.23. The number of amides is 3. The predicted molar refractivity (Wildman–Crippen MR) is 102 cm³/mol. The van der Waals surface area contributed by atoms with E-state index in [1.807, 2.05) is 19.9 Å². The van der Waals surface area contributed by atoms with E-state index in [0.29, 0.717) is 17.1 Å². The van der Waals surface area contributed by atoms with E-state index in [-0.39, 0.29) is 15.2 Å². The lowest BCUT2D eigenvalue weighted by Crippen LogP contribution is -2.50. The highest BCUT2D eigenvalue weighted by atomic mass is 32.2. The van der Waals surface area contributed by atoms with Crippen molar-refractivity contribution in [1.82, 2.24) is 9.88 Å². The highest BCUT2D eigenvalue weighted by molar-refractivity contribution is 7.91. The van der Waals surface area contributed by atoms with E-state index in [1.54, 1.807) is 6.07 Å². The van der Waals surface area contributed by atoms with Gasteiger partial charge in [-0.15, -0.1) is 15.6 Å². The predicted octanol–water partition coefficient (Wildman–Crippen LogP) is 2.12.